The number of carbonyl (C=O) groups excluding carboxylic acids is 1. The summed E-state index contributed by atoms with van der Waals surface area (Å²) in [7, 11) is 0. The first-order chi connectivity index (χ1) is 12.3. The van der Waals surface area contributed by atoms with Crippen LogP contribution in [-0.2, 0) is 15.1 Å². The summed E-state index contributed by atoms with van der Waals surface area (Å²) in [6.45, 7) is 3.50. The van der Waals surface area contributed by atoms with Crippen LogP contribution in [0, 0.1) is 0 Å². The van der Waals surface area contributed by atoms with Gasteiger partial charge in [0, 0.05) is 10.0 Å². The van der Waals surface area contributed by atoms with Gasteiger partial charge in [-0.15, -0.1) is 0 Å². The van der Waals surface area contributed by atoms with Crippen molar-refractivity contribution in [3.8, 4) is 0 Å². The number of amides is 1. The van der Waals surface area contributed by atoms with Crippen molar-refractivity contribution in [3.63, 3.8) is 0 Å². The third-order valence-corrected chi connectivity index (χ3v) is 4.99. The van der Waals surface area contributed by atoms with Gasteiger partial charge in [-0.2, -0.15) is 0 Å². The van der Waals surface area contributed by atoms with Crippen LogP contribution in [0.5, 0.6) is 0 Å². The molecule has 1 aliphatic heterocycles. The fourth-order valence-corrected chi connectivity index (χ4v) is 3.55. The minimum absolute atomic E-state index is 0.0300. The number of hydrogen-bond acceptors (Lipinski definition) is 3. The van der Waals surface area contributed by atoms with E-state index in [0.29, 0.717) is 21.2 Å². The predicted molar refractivity (Wildman–Crippen MR) is 103 cm³/mol. The highest BCUT2D eigenvalue weighted by Gasteiger charge is 2.39. The van der Waals surface area contributed by atoms with Gasteiger partial charge in [-0.25, -0.2) is 0 Å². The maximum Gasteiger partial charge on any atom is 0.261 e. The average Bonchev–Trinajstić information content (AvgIpc) is 2.61. The van der Waals surface area contributed by atoms with Gasteiger partial charge in [0.2, 0.25) is 0 Å². The Hall–Kier alpha value is -2.01. The third kappa shape index (κ3) is 3.45. The number of halogens is 2. The normalized spacial score (nSPS) is 15.3. The molecule has 0 aromatic heterocycles. The van der Waals surface area contributed by atoms with Crippen molar-refractivity contribution < 1.29 is 14.6 Å². The molecule has 1 aliphatic rings. The number of rotatable bonds is 4. The van der Waals surface area contributed by atoms with Crippen LogP contribution in [-0.4, -0.2) is 29.3 Å². The van der Waals surface area contributed by atoms with E-state index < -0.39 is 5.54 Å². The van der Waals surface area contributed by atoms with E-state index in [0.717, 1.165) is 5.56 Å². The smallest absolute Gasteiger partial charge is 0.261 e. The first-order valence-corrected chi connectivity index (χ1v) is 8.91. The lowest BCUT2D eigenvalue weighted by atomic mass is 9.90. The Morgan fingerprint density at radius 1 is 1.12 bits per heavy atom. The first kappa shape index (κ1) is 18.8. The fourth-order valence-electron chi connectivity index (χ4n) is 3.02. The molecule has 2 aromatic carbocycles. The molecule has 0 aliphatic carbocycles. The summed E-state index contributed by atoms with van der Waals surface area (Å²) in [5.74, 6) is 0.0602. The largest absolute Gasteiger partial charge is 0.474 e. The second kappa shape index (κ2) is 7.31. The van der Waals surface area contributed by atoms with Crippen LogP contribution in [0.1, 0.15) is 25.0 Å². The summed E-state index contributed by atoms with van der Waals surface area (Å²) in [6, 6.07) is 14.4. The quantitative estimate of drug-likeness (QED) is 0.837. The minimum atomic E-state index is -0.716. The van der Waals surface area contributed by atoms with Gasteiger partial charge in [-0.1, -0.05) is 53.5 Å². The zero-order valence-electron chi connectivity index (χ0n) is 14.5. The van der Waals surface area contributed by atoms with Gasteiger partial charge < -0.3 is 9.84 Å². The van der Waals surface area contributed by atoms with Crippen molar-refractivity contribution in [2.75, 3.05) is 13.3 Å². The first-order valence-electron chi connectivity index (χ1n) is 8.15. The molecule has 3 rings (SSSR count). The number of nitrogens with zero attached hydrogens (tertiary/aromatic N) is 1. The van der Waals surface area contributed by atoms with Gasteiger partial charge in [-0.3, -0.25) is 9.69 Å². The van der Waals surface area contributed by atoms with Gasteiger partial charge >= 0.3 is 0 Å². The van der Waals surface area contributed by atoms with Gasteiger partial charge in [0.1, 0.15) is 12.4 Å². The number of ether oxygens (including phenoxy) is 1. The third-order valence-electron chi connectivity index (χ3n) is 4.56. The Kier molecular flexibility index (Phi) is 5.28. The maximum atomic E-state index is 13.3. The van der Waals surface area contributed by atoms with Crippen LogP contribution in [0.3, 0.4) is 0 Å². The fraction of sp³-hybridized carbons (Fsp3) is 0.250. The van der Waals surface area contributed by atoms with Crippen LogP contribution in [0.4, 0.5) is 0 Å². The summed E-state index contributed by atoms with van der Waals surface area (Å²) in [5, 5.41) is 10.6. The van der Waals surface area contributed by atoms with Crippen molar-refractivity contribution in [1.29, 1.82) is 0 Å². The Morgan fingerprint density at radius 3 is 2.31 bits per heavy atom. The molecule has 0 saturated carbocycles. The number of hydrogen-bond donors (Lipinski definition) is 1. The molecule has 6 heteroatoms. The van der Waals surface area contributed by atoms with E-state index in [-0.39, 0.29) is 25.0 Å². The number of aliphatic hydroxyl groups is 1. The van der Waals surface area contributed by atoms with E-state index >= 15 is 0 Å². The Labute approximate surface area is 162 Å². The zero-order valence-corrected chi connectivity index (χ0v) is 16.0. The number of benzene rings is 2. The Morgan fingerprint density at radius 2 is 1.73 bits per heavy atom. The van der Waals surface area contributed by atoms with E-state index in [1.807, 2.05) is 44.2 Å². The molecule has 0 radical (unpaired) electrons. The minimum Gasteiger partial charge on any atom is -0.474 e. The molecule has 26 heavy (non-hydrogen) atoms. The Balaban J connectivity index is 2.04. The topological polar surface area (TPSA) is 49.8 Å². The van der Waals surface area contributed by atoms with Crippen molar-refractivity contribution in [2.24, 2.45) is 0 Å². The molecule has 0 unspecified atom stereocenters. The van der Waals surface area contributed by atoms with Crippen LogP contribution >= 0.6 is 23.2 Å². The van der Waals surface area contributed by atoms with Gasteiger partial charge in [0.15, 0.2) is 6.73 Å². The lowest BCUT2D eigenvalue weighted by Gasteiger charge is -2.42. The summed E-state index contributed by atoms with van der Waals surface area (Å²) in [4.78, 5) is 14.9. The molecule has 1 N–H and O–H groups in total. The molecular weight excluding hydrogens is 373 g/mol. The SMILES string of the molecule is CC(C)(c1cc(Cl)cc(Cl)c1)N1COC(CO)=C(c2ccccc2)C1=O. The molecule has 1 heterocycles. The van der Waals surface area contributed by atoms with Crippen LogP contribution in [0.2, 0.25) is 10.0 Å². The molecule has 0 atom stereocenters. The summed E-state index contributed by atoms with van der Waals surface area (Å²) in [6.07, 6.45) is 0. The molecule has 0 fully saturated rings. The van der Waals surface area contributed by atoms with Crippen molar-refractivity contribution in [3.05, 3.63) is 75.5 Å². The average molecular weight is 392 g/mol. The molecule has 2 aromatic rings. The van der Waals surface area contributed by atoms with Crippen LogP contribution < -0.4 is 0 Å². The lowest BCUT2D eigenvalue weighted by Crippen LogP contribution is -2.49. The van der Waals surface area contributed by atoms with Gasteiger partial charge in [0.05, 0.1) is 11.1 Å². The molecule has 0 saturated heterocycles. The summed E-state index contributed by atoms with van der Waals surface area (Å²) >= 11 is 12.3. The van der Waals surface area contributed by atoms with E-state index in [1.165, 1.54) is 0 Å². The highest BCUT2D eigenvalue weighted by atomic mass is 35.5. The van der Waals surface area contributed by atoms with Crippen LogP contribution in [0.15, 0.2) is 54.3 Å². The maximum absolute atomic E-state index is 13.3. The van der Waals surface area contributed by atoms with Gasteiger partial charge in [-0.05, 0) is 43.2 Å². The van der Waals surface area contributed by atoms with Gasteiger partial charge in [0.25, 0.3) is 5.91 Å². The zero-order chi connectivity index (χ0) is 18.9. The predicted octanol–water partition coefficient (Wildman–Crippen LogP) is 4.45. The summed E-state index contributed by atoms with van der Waals surface area (Å²) < 4.78 is 5.71. The van der Waals surface area contributed by atoms with Crippen LogP contribution in [0.25, 0.3) is 5.57 Å². The van der Waals surface area contributed by atoms with E-state index in [1.54, 1.807) is 23.1 Å². The highest BCUT2D eigenvalue weighted by Crippen LogP contribution is 2.37. The monoisotopic (exact) mass is 391 g/mol. The van der Waals surface area contributed by atoms with Crippen molar-refractivity contribution in [2.45, 2.75) is 19.4 Å². The van der Waals surface area contributed by atoms with E-state index in [4.69, 9.17) is 27.9 Å². The highest BCUT2D eigenvalue weighted by molar-refractivity contribution is 6.34. The standard InChI is InChI=1S/C20H19Cl2NO3/c1-20(2,14-8-15(21)10-16(22)9-14)23-12-26-17(11-24)18(19(23)25)13-6-4-3-5-7-13/h3-10,24H,11-12H2,1-2H3. The molecule has 4 nitrogen and oxygen atoms in total. The molecule has 0 bridgehead atoms. The number of carbonyl (C=O) groups is 1. The Bertz CT molecular complexity index is 842. The van der Waals surface area contributed by atoms with Crippen molar-refractivity contribution >= 4 is 34.7 Å². The molecule has 1 amide bonds. The van der Waals surface area contributed by atoms with E-state index in [2.05, 4.69) is 0 Å². The number of aliphatic hydroxyl groups excluding tert-OH is 1. The second-order valence-electron chi connectivity index (χ2n) is 6.55. The molecule has 136 valence electrons. The second-order valence-corrected chi connectivity index (χ2v) is 7.42. The lowest BCUT2D eigenvalue weighted by molar-refractivity contribution is -0.140. The van der Waals surface area contributed by atoms with E-state index in [9.17, 15) is 9.90 Å². The summed E-state index contributed by atoms with van der Waals surface area (Å²) in [5.41, 5.74) is 1.14. The molecular formula is C20H19Cl2NO3. The molecule has 0 spiro atoms. The van der Waals surface area contributed by atoms with Crippen molar-refractivity contribution in [1.82, 2.24) is 4.90 Å².